The SMILES string of the molecule is S=c1[nH]nc([C@H]2CCCO2)n1/N=C\c1cccnc1. The summed E-state index contributed by atoms with van der Waals surface area (Å²) in [7, 11) is 0. The van der Waals surface area contributed by atoms with Gasteiger partial charge in [0, 0.05) is 24.6 Å². The number of rotatable bonds is 3. The summed E-state index contributed by atoms with van der Waals surface area (Å²) in [4.78, 5) is 4.03. The first-order valence-electron chi connectivity index (χ1n) is 6.08. The zero-order valence-electron chi connectivity index (χ0n) is 10.2. The van der Waals surface area contributed by atoms with Crippen molar-refractivity contribution in [3.05, 3.63) is 40.7 Å². The van der Waals surface area contributed by atoms with E-state index in [1.54, 1.807) is 23.3 Å². The van der Waals surface area contributed by atoms with Gasteiger partial charge in [-0.25, -0.2) is 0 Å². The first-order chi connectivity index (χ1) is 9.34. The van der Waals surface area contributed by atoms with Gasteiger partial charge < -0.3 is 4.74 Å². The minimum absolute atomic E-state index is 0.0287. The molecule has 98 valence electrons. The molecule has 1 fully saturated rings. The van der Waals surface area contributed by atoms with Gasteiger partial charge in [0.1, 0.15) is 6.10 Å². The average Bonchev–Trinajstić information content (AvgIpc) is 3.07. The van der Waals surface area contributed by atoms with Crippen molar-refractivity contribution >= 4 is 18.4 Å². The van der Waals surface area contributed by atoms with E-state index in [0.717, 1.165) is 30.8 Å². The maximum absolute atomic E-state index is 5.61. The van der Waals surface area contributed by atoms with Gasteiger partial charge in [0.25, 0.3) is 0 Å². The second-order valence-electron chi connectivity index (χ2n) is 4.23. The Bertz CT molecular complexity index is 627. The van der Waals surface area contributed by atoms with Gasteiger partial charge in [-0.2, -0.15) is 14.9 Å². The van der Waals surface area contributed by atoms with E-state index in [0.29, 0.717) is 4.77 Å². The van der Waals surface area contributed by atoms with E-state index in [2.05, 4.69) is 20.3 Å². The maximum Gasteiger partial charge on any atom is 0.216 e. The number of nitrogens with one attached hydrogen (secondary N) is 1. The second-order valence-corrected chi connectivity index (χ2v) is 4.62. The summed E-state index contributed by atoms with van der Waals surface area (Å²) in [5.41, 5.74) is 0.906. The van der Waals surface area contributed by atoms with Gasteiger partial charge in [-0.1, -0.05) is 6.07 Å². The van der Waals surface area contributed by atoms with Crippen LogP contribution in [0.2, 0.25) is 0 Å². The topological polar surface area (TPSA) is 68.1 Å². The molecule has 19 heavy (non-hydrogen) atoms. The highest BCUT2D eigenvalue weighted by Gasteiger charge is 2.23. The molecule has 0 bridgehead atoms. The number of aromatic amines is 1. The zero-order chi connectivity index (χ0) is 13.1. The Hall–Kier alpha value is -1.86. The van der Waals surface area contributed by atoms with Crippen LogP contribution in [0.15, 0.2) is 29.6 Å². The molecule has 0 saturated carbocycles. The van der Waals surface area contributed by atoms with Crippen LogP contribution in [0, 0.1) is 4.77 Å². The van der Waals surface area contributed by atoms with E-state index in [1.807, 2.05) is 12.1 Å². The molecule has 7 heteroatoms. The van der Waals surface area contributed by atoms with E-state index in [9.17, 15) is 0 Å². The third-order valence-corrected chi connectivity index (χ3v) is 3.16. The summed E-state index contributed by atoms with van der Waals surface area (Å²) in [6, 6.07) is 3.78. The maximum atomic E-state index is 5.61. The third kappa shape index (κ3) is 2.61. The third-order valence-electron chi connectivity index (χ3n) is 2.90. The van der Waals surface area contributed by atoms with Gasteiger partial charge >= 0.3 is 0 Å². The van der Waals surface area contributed by atoms with Gasteiger partial charge in [0.15, 0.2) is 5.82 Å². The number of H-pyrrole nitrogens is 1. The van der Waals surface area contributed by atoms with Crippen molar-refractivity contribution in [3.63, 3.8) is 0 Å². The summed E-state index contributed by atoms with van der Waals surface area (Å²) < 4.78 is 7.68. The summed E-state index contributed by atoms with van der Waals surface area (Å²) in [6.07, 6.45) is 7.12. The van der Waals surface area contributed by atoms with Crippen LogP contribution >= 0.6 is 12.2 Å². The fourth-order valence-electron chi connectivity index (χ4n) is 1.98. The van der Waals surface area contributed by atoms with Crippen molar-refractivity contribution in [2.24, 2.45) is 5.10 Å². The van der Waals surface area contributed by atoms with Gasteiger partial charge in [0.2, 0.25) is 4.77 Å². The van der Waals surface area contributed by atoms with Crippen molar-refractivity contribution in [1.29, 1.82) is 0 Å². The fraction of sp³-hybridized carbons (Fsp3) is 0.333. The van der Waals surface area contributed by atoms with Crippen LogP contribution in [-0.2, 0) is 4.74 Å². The van der Waals surface area contributed by atoms with Crippen molar-refractivity contribution < 1.29 is 4.74 Å². The summed E-state index contributed by atoms with van der Waals surface area (Å²) in [5.74, 6) is 0.725. The Kier molecular flexibility index (Phi) is 3.47. The molecule has 3 heterocycles. The van der Waals surface area contributed by atoms with Crippen LogP contribution in [0.25, 0.3) is 0 Å². The van der Waals surface area contributed by atoms with Gasteiger partial charge in [-0.05, 0) is 31.1 Å². The highest BCUT2D eigenvalue weighted by Crippen LogP contribution is 2.26. The lowest BCUT2D eigenvalue weighted by molar-refractivity contribution is 0.102. The zero-order valence-corrected chi connectivity index (χ0v) is 11.0. The molecule has 1 saturated heterocycles. The molecule has 1 atom stereocenters. The Balaban J connectivity index is 1.90. The molecular formula is C12H13N5OS. The smallest absolute Gasteiger partial charge is 0.216 e. The highest BCUT2D eigenvalue weighted by molar-refractivity contribution is 7.71. The Morgan fingerprint density at radius 1 is 1.58 bits per heavy atom. The van der Waals surface area contributed by atoms with Crippen LogP contribution in [-0.4, -0.2) is 32.7 Å². The molecule has 1 N–H and O–H groups in total. The molecule has 1 aliphatic rings. The van der Waals surface area contributed by atoms with E-state index in [-0.39, 0.29) is 6.10 Å². The molecule has 0 spiro atoms. The molecule has 0 radical (unpaired) electrons. The number of nitrogens with zero attached hydrogens (tertiary/aromatic N) is 4. The van der Waals surface area contributed by atoms with Crippen molar-refractivity contribution in [2.75, 3.05) is 6.61 Å². The van der Waals surface area contributed by atoms with Crippen molar-refractivity contribution in [2.45, 2.75) is 18.9 Å². The average molecular weight is 275 g/mol. The second kappa shape index (κ2) is 5.41. The molecule has 0 unspecified atom stereocenters. The van der Waals surface area contributed by atoms with Crippen molar-refractivity contribution in [1.82, 2.24) is 19.9 Å². The molecule has 0 amide bonds. The summed E-state index contributed by atoms with van der Waals surface area (Å²) in [5, 5.41) is 11.3. The number of aromatic nitrogens is 4. The van der Waals surface area contributed by atoms with Crippen LogP contribution in [0.1, 0.15) is 30.3 Å². The molecule has 1 aliphatic heterocycles. The summed E-state index contributed by atoms with van der Waals surface area (Å²) in [6.45, 7) is 0.761. The first-order valence-corrected chi connectivity index (χ1v) is 6.49. The van der Waals surface area contributed by atoms with Crippen LogP contribution < -0.4 is 0 Å². The molecule has 0 aliphatic carbocycles. The summed E-state index contributed by atoms with van der Waals surface area (Å²) >= 11 is 5.18. The molecular weight excluding hydrogens is 262 g/mol. The minimum atomic E-state index is -0.0287. The van der Waals surface area contributed by atoms with E-state index in [1.165, 1.54) is 0 Å². The highest BCUT2D eigenvalue weighted by atomic mass is 32.1. The monoisotopic (exact) mass is 275 g/mol. The lowest BCUT2D eigenvalue weighted by atomic mass is 10.2. The fourth-order valence-corrected chi connectivity index (χ4v) is 2.17. The normalized spacial score (nSPS) is 19.3. The van der Waals surface area contributed by atoms with Gasteiger partial charge in [0.05, 0.1) is 6.21 Å². The Morgan fingerprint density at radius 2 is 2.53 bits per heavy atom. The minimum Gasteiger partial charge on any atom is -0.370 e. The quantitative estimate of drug-likeness (QED) is 0.688. The van der Waals surface area contributed by atoms with Gasteiger partial charge in [-0.15, -0.1) is 0 Å². The predicted molar refractivity (Wildman–Crippen MR) is 72.6 cm³/mol. The number of ether oxygens (including phenoxy) is 1. The lowest BCUT2D eigenvalue weighted by Gasteiger charge is -2.07. The Labute approximate surface area is 115 Å². The van der Waals surface area contributed by atoms with Crippen LogP contribution in [0.5, 0.6) is 0 Å². The van der Waals surface area contributed by atoms with E-state index < -0.39 is 0 Å². The predicted octanol–water partition coefficient (Wildman–Crippen LogP) is 2.07. The lowest BCUT2D eigenvalue weighted by Crippen LogP contribution is -2.05. The molecule has 2 aromatic rings. The Morgan fingerprint density at radius 3 is 3.26 bits per heavy atom. The van der Waals surface area contributed by atoms with E-state index in [4.69, 9.17) is 17.0 Å². The van der Waals surface area contributed by atoms with Crippen LogP contribution in [0.4, 0.5) is 0 Å². The molecule has 2 aromatic heterocycles. The van der Waals surface area contributed by atoms with Crippen LogP contribution in [0.3, 0.4) is 0 Å². The number of pyridine rings is 1. The molecule has 3 rings (SSSR count). The molecule has 0 aromatic carbocycles. The first kappa shape index (κ1) is 12.2. The number of hydrogen-bond donors (Lipinski definition) is 1. The standard InChI is InChI=1S/C12H13N5OS/c19-12-16-15-11(10-4-2-6-18-10)17(12)14-8-9-3-1-5-13-7-9/h1,3,5,7-8,10H,2,4,6H2,(H,16,19)/b14-8-/t10-/m1/s1. The van der Waals surface area contributed by atoms with Crippen molar-refractivity contribution in [3.8, 4) is 0 Å². The largest absolute Gasteiger partial charge is 0.370 e. The van der Waals surface area contributed by atoms with Gasteiger partial charge in [-0.3, -0.25) is 10.1 Å². The number of hydrogen-bond acceptors (Lipinski definition) is 5. The van der Waals surface area contributed by atoms with E-state index >= 15 is 0 Å². The molecule has 6 nitrogen and oxygen atoms in total.